The Morgan fingerprint density at radius 3 is 2.25 bits per heavy atom. The van der Waals surface area contributed by atoms with E-state index in [0.717, 1.165) is 0 Å². The highest BCUT2D eigenvalue weighted by atomic mass is 35.6. The summed E-state index contributed by atoms with van der Waals surface area (Å²) >= 11 is 21.9. The van der Waals surface area contributed by atoms with Crippen molar-refractivity contribution in [3.8, 4) is 0 Å². The second kappa shape index (κ2) is 7.27. The molecule has 1 amide bonds. The molecule has 0 aromatic heterocycles. The zero-order chi connectivity index (χ0) is 15.3. The van der Waals surface area contributed by atoms with E-state index in [-0.39, 0.29) is 5.71 Å². The Labute approximate surface area is 135 Å². The first-order valence-electron chi connectivity index (χ1n) is 5.28. The number of nitrogens with zero attached hydrogens (tertiary/aromatic N) is 1. The van der Waals surface area contributed by atoms with E-state index in [2.05, 4.69) is 9.73 Å². The maximum absolute atomic E-state index is 11.9. The summed E-state index contributed by atoms with van der Waals surface area (Å²) in [6.07, 6.45) is -1.00. The minimum absolute atomic E-state index is 0.0401. The fourth-order valence-corrected chi connectivity index (χ4v) is 1.46. The lowest BCUT2D eigenvalue weighted by Crippen LogP contribution is -2.18. The lowest BCUT2D eigenvalue weighted by molar-refractivity contribution is 0.106. The van der Waals surface area contributed by atoms with Crippen LogP contribution < -0.4 is 0 Å². The van der Waals surface area contributed by atoms with Gasteiger partial charge < -0.3 is 4.74 Å². The topological polar surface area (TPSA) is 55.7 Å². The molecular formula is C12H9Cl4NO3. The van der Waals surface area contributed by atoms with Crippen LogP contribution in [0.25, 0.3) is 0 Å². The van der Waals surface area contributed by atoms with E-state index in [1.54, 1.807) is 12.1 Å². The summed E-state index contributed by atoms with van der Waals surface area (Å²) in [5.41, 5.74) is 0.312. The Kier molecular flexibility index (Phi) is 6.27. The average Bonchev–Trinajstić information content (AvgIpc) is 2.35. The maximum Gasteiger partial charge on any atom is 0.434 e. The van der Waals surface area contributed by atoms with Crippen LogP contribution in [0.1, 0.15) is 17.3 Å². The molecule has 1 aromatic rings. The molecule has 0 saturated carbocycles. The number of hydrogen-bond donors (Lipinski definition) is 0. The van der Waals surface area contributed by atoms with Crippen LogP contribution in [0.3, 0.4) is 0 Å². The second-order valence-electron chi connectivity index (χ2n) is 3.70. The number of rotatable bonds is 3. The minimum atomic E-state index is -1.72. The fraction of sp³-hybridized carbons (Fsp3) is 0.250. The molecule has 0 aliphatic heterocycles. The quantitative estimate of drug-likeness (QED) is 0.455. The van der Waals surface area contributed by atoms with Crippen LogP contribution in [0, 0.1) is 0 Å². The highest BCUT2D eigenvalue weighted by Gasteiger charge is 2.22. The van der Waals surface area contributed by atoms with Crippen LogP contribution in [0.2, 0.25) is 5.02 Å². The fourth-order valence-electron chi connectivity index (χ4n) is 1.17. The summed E-state index contributed by atoms with van der Waals surface area (Å²) in [4.78, 5) is 26.7. The summed E-state index contributed by atoms with van der Waals surface area (Å²) in [5, 5.41) is 0.498. The molecule has 0 heterocycles. The highest BCUT2D eigenvalue weighted by Crippen LogP contribution is 2.26. The van der Waals surface area contributed by atoms with Crippen LogP contribution in [0.5, 0.6) is 0 Å². The van der Waals surface area contributed by atoms with Crippen LogP contribution in [0.15, 0.2) is 29.3 Å². The van der Waals surface area contributed by atoms with Gasteiger partial charge in [-0.15, -0.1) is 0 Å². The first-order chi connectivity index (χ1) is 9.19. The number of halogens is 4. The van der Waals surface area contributed by atoms with Crippen molar-refractivity contribution in [3.05, 3.63) is 34.9 Å². The largest absolute Gasteiger partial charge is 0.443 e. The van der Waals surface area contributed by atoms with Crippen molar-refractivity contribution >= 4 is 64.0 Å². The van der Waals surface area contributed by atoms with Crippen molar-refractivity contribution in [2.75, 3.05) is 6.61 Å². The van der Waals surface area contributed by atoms with Crippen molar-refractivity contribution in [1.82, 2.24) is 0 Å². The van der Waals surface area contributed by atoms with Crippen LogP contribution >= 0.6 is 46.4 Å². The molecule has 4 nitrogen and oxygen atoms in total. The molecule has 0 aliphatic carbocycles. The molecule has 0 aliphatic rings. The molecule has 0 bridgehead atoms. The summed E-state index contributed by atoms with van der Waals surface area (Å²) in [7, 11) is 0. The summed E-state index contributed by atoms with van der Waals surface area (Å²) in [6.45, 7) is 0.927. The van der Waals surface area contributed by atoms with Gasteiger partial charge in [0.25, 0.3) is 0 Å². The third-order valence-electron chi connectivity index (χ3n) is 2.05. The van der Waals surface area contributed by atoms with Gasteiger partial charge in [0, 0.05) is 10.6 Å². The van der Waals surface area contributed by atoms with Gasteiger partial charge in [0.15, 0.2) is 0 Å². The van der Waals surface area contributed by atoms with Gasteiger partial charge in [0.1, 0.15) is 6.61 Å². The molecule has 20 heavy (non-hydrogen) atoms. The van der Waals surface area contributed by atoms with Gasteiger partial charge in [-0.25, -0.2) is 4.79 Å². The smallest absolute Gasteiger partial charge is 0.434 e. The molecule has 0 spiro atoms. The van der Waals surface area contributed by atoms with Crippen LogP contribution in [-0.2, 0) is 4.74 Å². The van der Waals surface area contributed by atoms with E-state index in [1.165, 1.54) is 19.1 Å². The van der Waals surface area contributed by atoms with E-state index >= 15 is 0 Å². The van der Waals surface area contributed by atoms with Crippen molar-refractivity contribution < 1.29 is 14.3 Å². The number of ether oxygens (including phenoxy) is 1. The average molecular weight is 357 g/mol. The molecule has 0 N–H and O–H groups in total. The molecule has 0 fully saturated rings. The number of carbonyl (C=O) groups excluding carboxylic acids is 2. The van der Waals surface area contributed by atoms with Crippen molar-refractivity contribution in [1.29, 1.82) is 0 Å². The van der Waals surface area contributed by atoms with Gasteiger partial charge in [-0.2, -0.15) is 4.99 Å². The molecule has 1 aromatic carbocycles. The number of aliphatic imine (C=N–C) groups is 1. The van der Waals surface area contributed by atoms with Crippen molar-refractivity contribution in [2.24, 2.45) is 4.99 Å². The summed E-state index contributed by atoms with van der Waals surface area (Å²) < 4.78 is 2.86. The van der Waals surface area contributed by atoms with Gasteiger partial charge in [0.2, 0.25) is 9.58 Å². The monoisotopic (exact) mass is 355 g/mol. The summed E-state index contributed by atoms with van der Waals surface area (Å²) in [5.74, 6) is -0.424. The van der Waals surface area contributed by atoms with E-state index in [1.807, 2.05) is 0 Å². The molecule has 1 rings (SSSR count). The lowest BCUT2D eigenvalue weighted by atomic mass is 10.1. The van der Waals surface area contributed by atoms with Gasteiger partial charge >= 0.3 is 6.09 Å². The molecule has 0 radical (unpaired) electrons. The van der Waals surface area contributed by atoms with Gasteiger partial charge in [-0.05, 0) is 31.2 Å². The molecule has 108 valence electrons. The Hall–Kier alpha value is -0.810. The third-order valence-corrected chi connectivity index (χ3v) is 2.63. The first kappa shape index (κ1) is 17.2. The summed E-state index contributed by atoms with van der Waals surface area (Å²) in [6, 6.07) is 6.17. The number of alkyl halides is 3. The highest BCUT2D eigenvalue weighted by molar-refractivity contribution is 6.67. The minimum Gasteiger partial charge on any atom is -0.443 e. The molecular weight excluding hydrogens is 348 g/mol. The van der Waals surface area contributed by atoms with E-state index in [4.69, 9.17) is 46.4 Å². The Balaban J connectivity index is 2.71. The van der Waals surface area contributed by atoms with Crippen LogP contribution in [0.4, 0.5) is 4.79 Å². The SMILES string of the molecule is CC(=NC(=O)OCC(Cl)(Cl)Cl)C(=O)c1ccc(Cl)cc1. The number of ketones is 1. The molecule has 0 atom stereocenters. The standard InChI is InChI=1S/C12H9Cl4NO3/c1-7(17-11(19)20-6-12(14,15)16)10(18)8-2-4-9(13)5-3-8/h2-5H,6H2,1H3. The molecule has 0 unspecified atom stereocenters. The van der Waals surface area contributed by atoms with Crippen molar-refractivity contribution in [2.45, 2.75) is 10.7 Å². The van der Waals surface area contributed by atoms with E-state index < -0.39 is 22.3 Å². The zero-order valence-electron chi connectivity index (χ0n) is 10.2. The molecule has 0 saturated heterocycles. The predicted molar refractivity (Wildman–Crippen MR) is 80.5 cm³/mol. The normalized spacial score (nSPS) is 12.2. The second-order valence-corrected chi connectivity index (χ2v) is 6.66. The van der Waals surface area contributed by atoms with Gasteiger partial charge in [0.05, 0.1) is 5.71 Å². The zero-order valence-corrected chi connectivity index (χ0v) is 13.2. The lowest BCUT2D eigenvalue weighted by Gasteiger charge is -2.09. The van der Waals surface area contributed by atoms with Crippen LogP contribution in [-0.4, -0.2) is 28.0 Å². The number of amides is 1. The van der Waals surface area contributed by atoms with Crippen molar-refractivity contribution in [3.63, 3.8) is 0 Å². The maximum atomic E-state index is 11.9. The number of benzene rings is 1. The number of Topliss-reactive ketones (excluding diaryl/α,β-unsaturated/α-hetero) is 1. The third kappa shape index (κ3) is 6.09. The number of hydrogen-bond acceptors (Lipinski definition) is 3. The Morgan fingerprint density at radius 1 is 1.20 bits per heavy atom. The van der Waals surface area contributed by atoms with E-state index in [0.29, 0.717) is 10.6 Å². The number of carbonyl (C=O) groups is 2. The van der Waals surface area contributed by atoms with Gasteiger partial charge in [-0.3, -0.25) is 4.79 Å². The predicted octanol–water partition coefficient (Wildman–Crippen LogP) is 4.49. The first-order valence-corrected chi connectivity index (χ1v) is 6.79. The molecule has 8 heteroatoms. The van der Waals surface area contributed by atoms with Gasteiger partial charge in [-0.1, -0.05) is 46.4 Å². The Morgan fingerprint density at radius 2 is 1.75 bits per heavy atom. The Bertz CT molecular complexity index is 535. The van der Waals surface area contributed by atoms with E-state index in [9.17, 15) is 9.59 Å².